The van der Waals surface area contributed by atoms with Gasteiger partial charge in [0.25, 0.3) is 5.91 Å². The summed E-state index contributed by atoms with van der Waals surface area (Å²) in [4.78, 5) is 15.7. The number of methoxy groups -OCH3 is 1. The Morgan fingerprint density at radius 2 is 2.00 bits per heavy atom. The maximum Gasteiger partial charge on any atom is 0.278 e. The van der Waals surface area contributed by atoms with E-state index in [1.165, 1.54) is 43.6 Å². The first kappa shape index (κ1) is 12.8. The van der Waals surface area contributed by atoms with Gasteiger partial charge in [-0.2, -0.15) is 0 Å². The molecule has 0 aliphatic carbocycles. The van der Waals surface area contributed by atoms with Gasteiger partial charge in [-0.15, -0.1) is 0 Å². The van der Waals surface area contributed by atoms with E-state index in [4.69, 9.17) is 4.74 Å². The molecule has 0 spiro atoms. The van der Waals surface area contributed by atoms with Crippen LogP contribution in [0.3, 0.4) is 0 Å². The van der Waals surface area contributed by atoms with Crippen LogP contribution in [0.4, 0.5) is 10.1 Å². The number of halogens is 1. The zero-order chi connectivity index (χ0) is 13.8. The first-order valence-electron chi connectivity index (χ1n) is 5.40. The van der Waals surface area contributed by atoms with Crippen molar-refractivity contribution in [2.45, 2.75) is 0 Å². The molecule has 5 nitrogen and oxygen atoms in total. The van der Waals surface area contributed by atoms with Gasteiger partial charge in [0.15, 0.2) is 17.2 Å². The van der Waals surface area contributed by atoms with Gasteiger partial charge in [0.1, 0.15) is 5.82 Å². The van der Waals surface area contributed by atoms with Crippen LogP contribution in [-0.4, -0.2) is 23.1 Å². The normalized spacial score (nSPS) is 10.0. The zero-order valence-electron chi connectivity index (χ0n) is 10.1. The minimum Gasteiger partial charge on any atom is -0.503 e. The van der Waals surface area contributed by atoms with Crippen LogP contribution in [0.25, 0.3) is 0 Å². The Kier molecular flexibility index (Phi) is 3.61. The van der Waals surface area contributed by atoms with E-state index in [0.717, 1.165) is 0 Å². The van der Waals surface area contributed by atoms with E-state index in [1.807, 2.05) is 0 Å². The lowest BCUT2D eigenvalue weighted by atomic mass is 10.2. The summed E-state index contributed by atoms with van der Waals surface area (Å²) >= 11 is 0. The average Bonchev–Trinajstić information content (AvgIpc) is 2.41. The number of rotatable bonds is 3. The van der Waals surface area contributed by atoms with E-state index < -0.39 is 11.7 Å². The summed E-state index contributed by atoms with van der Waals surface area (Å²) in [7, 11) is 1.37. The maximum absolute atomic E-state index is 12.7. The fraction of sp³-hybridized carbons (Fsp3) is 0.0769. The van der Waals surface area contributed by atoms with Gasteiger partial charge in [0.2, 0.25) is 0 Å². The van der Waals surface area contributed by atoms with Crippen molar-refractivity contribution in [2.24, 2.45) is 0 Å². The molecule has 0 unspecified atom stereocenters. The predicted molar refractivity (Wildman–Crippen MR) is 66.8 cm³/mol. The fourth-order valence-electron chi connectivity index (χ4n) is 1.49. The molecule has 0 saturated heterocycles. The summed E-state index contributed by atoms with van der Waals surface area (Å²) in [6, 6.07) is 6.68. The molecule has 98 valence electrons. The quantitative estimate of drug-likeness (QED) is 0.889. The molecule has 1 aromatic carbocycles. The minimum atomic E-state index is -0.608. The average molecular weight is 262 g/mol. The van der Waals surface area contributed by atoms with Crippen LogP contribution in [0.5, 0.6) is 11.5 Å². The Hall–Kier alpha value is -2.63. The van der Waals surface area contributed by atoms with Crippen molar-refractivity contribution in [1.82, 2.24) is 4.98 Å². The molecule has 0 saturated carbocycles. The topological polar surface area (TPSA) is 71.5 Å². The Labute approximate surface area is 108 Å². The van der Waals surface area contributed by atoms with Crippen molar-refractivity contribution in [2.75, 3.05) is 12.4 Å². The van der Waals surface area contributed by atoms with E-state index in [1.54, 1.807) is 0 Å². The van der Waals surface area contributed by atoms with Crippen LogP contribution in [0.15, 0.2) is 36.5 Å². The second-order valence-corrected chi connectivity index (χ2v) is 3.67. The van der Waals surface area contributed by atoms with Crippen LogP contribution >= 0.6 is 0 Å². The number of aromatic hydroxyl groups is 1. The Balaban J connectivity index is 2.23. The van der Waals surface area contributed by atoms with Gasteiger partial charge in [-0.3, -0.25) is 4.79 Å². The number of ether oxygens (including phenoxy) is 1. The second-order valence-electron chi connectivity index (χ2n) is 3.67. The molecule has 0 atom stereocenters. The summed E-state index contributed by atoms with van der Waals surface area (Å²) in [5.41, 5.74) is 0.235. The second kappa shape index (κ2) is 5.34. The Morgan fingerprint density at radius 1 is 1.32 bits per heavy atom. The number of nitrogens with zero attached hydrogens (tertiary/aromatic N) is 1. The van der Waals surface area contributed by atoms with Crippen molar-refractivity contribution in [1.29, 1.82) is 0 Å². The number of anilines is 1. The van der Waals surface area contributed by atoms with Crippen molar-refractivity contribution < 1.29 is 19.0 Å². The summed E-state index contributed by atoms with van der Waals surface area (Å²) in [6.45, 7) is 0. The Morgan fingerprint density at radius 3 is 2.63 bits per heavy atom. The van der Waals surface area contributed by atoms with Gasteiger partial charge in [-0.05, 0) is 24.3 Å². The zero-order valence-corrected chi connectivity index (χ0v) is 10.1. The molecule has 19 heavy (non-hydrogen) atoms. The molecule has 0 radical (unpaired) electrons. The third-order valence-corrected chi connectivity index (χ3v) is 2.42. The summed E-state index contributed by atoms with van der Waals surface area (Å²) in [6.07, 6.45) is 1.35. The van der Waals surface area contributed by atoms with Crippen LogP contribution in [-0.2, 0) is 0 Å². The number of benzene rings is 1. The number of carbonyl (C=O) groups is 1. The van der Waals surface area contributed by atoms with E-state index in [2.05, 4.69) is 10.3 Å². The largest absolute Gasteiger partial charge is 0.503 e. The SMILES string of the molecule is COc1ccnc(C(=O)Nc2ccc(F)cc2)c1O. The van der Waals surface area contributed by atoms with Crippen LogP contribution in [0.1, 0.15) is 10.5 Å². The third kappa shape index (κ3) is 2.79. The number of aromatic nitrogens is 1. The smallest absolute Gasteiger partial charge is 0.278 e. The lowest BCUT2D eigenvalue weighted by Crippen LogP contribution is -2.14. The molecule has 2 rings (SSSR count). The number of pyridine rings is 1. The lowest BCUT2D eigenvalue weighted by molar-refractivity contribution is 0.101. The van der Waals surface area contributed by atoms with E-state index in [9.17, 15) is 14.3 Å². The Bertz CT molecular complexity index is 599. The highest BCUT2D eigenvalue weighted by Gasteiger charge is 2.16. The first-order chi connectivity index (χ1) is 9.11. The van der Waals surface area contributed by atoms with Crippen LogP contribution < -0.4 is 10.1 Å². The van der Waals surface area contributed by atoms with Crippen LogP contribution in [0, 0.1) is 5.82 Å². The number of amides is 1. The molecular formula is C13H11FN2O3. The number of nitrogens with one attached hydrogen (secondary N) is 1. The van der Waals surface area contributed by atoms with Gasteiger partial charge in [-0.1, -0.05) is 0 Å². The van der Waals surface area contributed by atoms with E-state index >= 15 is 0 Å². The molecule has 1 amide bonds. The molecule has 2 aromatic rings. The summed E-state index contributed by atoms with van der Waals surface area (Å²) < 4.78 is 17.6. The van der Waals surface area contributed by atoms with Gasteiger partial charge in [0.05, 0.1) is 7.11 Å². The first-order valence-corrected chi connectivity index (χ1v) is 5.40. The number of carbonyl (C=O) groups excluding carboxylic acids is 1. The van der Waals surface area contributed by atoms with Gasteiger partial charge in [-0.25, -0.2) is 9.37 Å². The molecule has 0 bridgehead atoms. The fourth-order valence-corrected chi connectivity index (χ4v) is 1.49. The lowest BCUT2D eigenvalue weighted by Gasteiger charge is -2.08. The number of hydrogen-bond donors (Lipinski definition) is 2. The molecule has 0 fully saturated rings. The van der Waals surface area contributed by atoms with Crippen molar-refractivity contribution in [3.8, 4) is 11.5 Å². The van der Waals surface area contributed by atoms with E-state index in [-0.39, 0.29) is 17.2 Å². The monoisotopic (exact) mass is 262 g/mol. The number of hydrogen-bond acceptors (Lipinski definition) is 4. The van der Waals surface area contributed by atoms with Crippen molar-refractivity contribution in [3.63, 3.8) is 0 Å². The third-order valence-electron chi connectivity index (χ3n) is 2.42. The minimum absolute atomic E-state index is 0.152. The highest BCUT2D eigenvalue weighted by molar-refractivity contribution is 6.05. The van der Waals surface area contributed by atoms with Crippen molar-refractivity contribution in [3.05, 3.63) is 48.0 Å². The van der Waals surface area contributed by atoms with E-state index in [0.29, 0.717) is 5.69 Å². The molecule has 0 aliphatic heterocycles. The molecule has 2 N–H and O–H groups in total. The summed E-state index contributed by atoms with van der Waals surface area (Å²) in [5.74, 6) is -1.20. The molecule has 1 aromatic heterocycles. The molecule has 6 heteroatoms. The van der Waals surface area contributed by atoms with Gasteiger partial charge < -0.3 is 15.2 Å². The molecular weight excluding hydrogens is 251 g/mol. The standard InChI is InChI=1S/C13H11FN2O3/c1-19-10-6-7-15-11(12(10)17)13(18)16-9-4-2-8(14)3-5-9/h2-7,17H,1H3,(H,16,18). The molecule has 0 aliphatic rings. The van der Waals surface area contributed by atoms with Crippen LogP contribution in [0.2, 0.25) is 0 Å². The van der Waals surface area contributed by atoms with Gasteiger partial charge in [0, 0.05) is 18.0 Å². The highest BCUT2D eigenvalue weighted by Crippen LogP contribution is 2.28. The van der Waals surface area contributed by atoms with Gasteiger partial charge >= 0.3 is 0 Å². The maximum atomic E-state index is 12.7. The highest BCUT2D eigenvalue weighted by atomic mass is 19.1. The summed E-state index contributed by atoms with van der Waals surface area (Å²) in [5, 5.41) is 12.3. The predicted octanol–water partition coefficient (Wildman–Crippen LogP) is 2.19. The van der Waals surface area contributed by atoms with Crippen molar-refractivity contribution >= 4 is 11.6 Å². The molecule has 1 heterocycles.